The van der Waals surface area contributed by atoms with E-state index in [2.05, 4.69) is 16.7 Å². The number of anilines is 1. The minimum atomic E-state index is -0.431. The van der Waals surface area contributed by atoms with Gasteiger partial charge in [0.1, 0.15) is 5.75 Å². The Bertz CT molecular complexity index is 683. The number of carbonyl (C=O) groups is 2. The van der Waals surface area contributed by atoms with Crippen LogP contribution in [0.5, 0.6) is 5.75 Å². The van der Waals surface area contributed by atoms with Crippen molar-refractivity contribution in [1.82, 2.24) is 5.32 Å². The third-order valence-electron chi connectivity index (χ3n) is 4.36. The molecule has 6 nitrogen and oxygen atoms in total. The summed E-state index contributed by atoms with van der Waals surface area (Å²) in [6, 6.07) is 5.00. The Kier molecular flexibility index (Phi) is 8.17. The standard InChI is InChI=1S/C21H30N2O4/c1-15(2)27-19-10-9-17(21(25)26-3)13-18(19)23-14-20(24)22-12-11-16-7-5-4-6-8-16/h7,9-10,13,15,23H,4-6,8,11-12,14H2,1-3H3,(H,22,24). The van der Waals surface area contributed by atoms with Crippen LogP contribution in [0.15, 0.2) is 29.8 Å². The van der Waals surface area contributed by atoms with E-state index in [0.717, 1.165) is 19.3 Å². The maximum atomic E-state index is 12.1. The van der Waals surface area contributed by atoms with E-state index in [1.807, 2.05) is 13.8 Å². The Balaban J connectivity index is 1.90. The molecule has 0 saturated heterocycles. The summed E-state index contributed by atoms with van der Waals surface area (Å²) in [6.07, 6.45) is 7.99. The number of benzene rings is 1. The van der Waals surface area contributed by atoms with Crippen molar-refractivity contribution >= 4 is 17.6 Å². The molecule has 1 amide bonds. The quantitative estimate of drug-likeness (QED) is 0.509. The first-order valence-corrected chi connectivity index (χ1v) is 9.57. The minimum Gasteiger partial charge on any atom is -0.489 e. The molecule has 148 valence electrons. The minimum absolute atomic E-state index is 0.0212. The summed E-state index contributed by atoms with van der Waals surface area (Å²) < 4.78 is 10.5. The van der Waals surface area contributed by atoms with Gasteiger partial charge in [0.25, 0.3) is 0 Å². The molecule has 0 spiro atoms. The molecule has 2 N–H and O–H groups in total. The molecule has 6 heteroatoms. The summed E-state index contributed by atoms with van der Waals surface area (Å²) in [5, 5.41) is 6.00. The zero-order chi connectivity index (χ0) is 19.6. The first kappa shape index (κ1) is 20.8. The van der Waals surface area contributed by atoms with E-state index >= 15 is 0 Å². The van der Waals surface area contributed by atoms with Gasteiger partial charge in [-0.3, -0.25) is 4.79 Å². The molecule has 1 aliphatic rings. The van der Waals surface area contributed by atoms with Gasteiger partial charge in [-0.1, -0.05) is 11.6 Å². The molecule has 0 atom stereocenters. The SMILES string of the molecule is COC(=O)c1ccc(OC(C)C)c(NCC(=O)NCCC2=CCCCC2)c1. The van der Waals surface area contributed by atoms with Crippen LogP contribution in [-0.2, 0) is 9.53 Å². The molecule has 0 radical (unpaired) electrons. The molecule has 0 bridgehead atoms. The van der Waals surface area contributed by atoms with Crippen LogP contribution in [0.1, 0.15) is 56.3 Å². The second-order valence-corrected chi connectivity index (χ2v) is 6.93. The fourth-order valence-electron chi connectivity index (χ4n) is 3.00. The first-order valence-electron chi connectivity index (χ1n) is 9.57. The van der Waals surface area contributed by atoms with Crippen LogP contribution in [0.25, 0.3) is 0 Å². The first-order chi connectivity index (χ1) is 13.0. The monoisotopic (exact) mass is 374 g/mol. The number of methoxy groups -OCH3 is 1. The lowest BCUT2D eigenvalue weighted by Crippen LogP contribution is -2.31. The number of esters is 1. The number of ether oxygens (including phenoxy) is 2. The average Bonchev–Trinajstić information content (AvgIpc) is 2.67. The van der Waals surface area contributed by atoms with Crippen molar-refractivity contribution in [3.05, 3.63) is 35.4 Å². The summed E-state index contributed by atoms with van der Waals surface area (Å²) in [7, 11) is 1.34. The molecule has 1 aromatic rings. The maximum absolute atomic E-state index is 12.1. The smallest absolute Gasteiger partial charge is 0.337 e. The Morgan fingerprint density at radius 1 is 1.22 bits per heavy atom. The van der Waals surface area contributed by atoms with Gasteiger partial charge in [0.15, 0.2) is 0 Å². The lowest BCUT2D eigenvalue weighted by Gasteiger charge is -2.17. The molecule has 0 heterocycles. The van der Waals surface area contributed by atoms with Crippen LogP contribution in [-0.4, -0.2) is 38.2 Å². The zero-order valence-electron chi connectivity index (χ0n) is 16.5. The lowest BCUT2D eigenvalue weighted by atomic mass is 9.97. The van der Waals surface area contributed by atoms with E-state index in [9.17, 15) is 9.59 Å². The van der Waals surface area contributed by atoms with Gasteiger partial charge in [0.05, 0.1) is 31.0 Å². The van der Waals surface area contributed by atoms with Crippen molar-refractivity contribution in [1.29, 1.82) is 0 Å². The second-order valence-electron chi connectivity index (χ2n) is 6.93. The number of hydrogen-bond acceptors (Lipinski definition) is 5. The molecule has 0 aromatic heterocycles. The molecule has 0 saturated carbocycles. The molecular formula is C21H30N2O4. The Labute approximate surface area is 161 Å². The van der Waals surface area contributed by atoms with E-state index in [0.29, 0.717) is 23.5 Å². The number of hydrogen-bond donors (Lipinski definition) is 2. The Hall–Kier alpha value is -2.50. The van der Waals surface area contributed by atoms with Gasteiger partial charge in [-0.05, 0) is 64.2 Å². The highest BCUT2D eigenvalue weighted by Gasteiger charge is 2.13. The zero-order valence-corrected chi connectivity index (χ0v) is 16.5. The second kappa shape index (κ2) is 10.6. The fourth-order valence-corrected chi connectivity index (χ4v) is 3.00. The molecule has 0 fully saturated rings. The molecule has 0 unspecified atom stereocenters. The number of allylic oxidation sites excluding steroid dienone is 1. The third kappa shape index (κ3) is 6.96. The van der Waals surface area contributed by atoms with Gasteiger partial charge in [-0.15, -0.1) is 0 Å². The highest BCUT2D eigenvalue weighted by Crippen LogP contribution is 2.27. The molecule has 1 aliphatic carbocycles. The molecule has 0 aliphatic heterocycles. The highest BCUT2D eigenvalue weighted by atomic mass is 16.5. The van der Waals surface area contributed by atoms with Crippen LogP contribution >= 0.6 is 0 Å². The van der Waals surface area contributed by atoms with Crippen LogP contribution in [0.3, 0.4) is 0 Å². The van der Waals surface area contributed by atoms with Crippen molar-refractivity contribution in [2.75, 3.05) is 25.5 Å². The van der Waals surface area contributed by atoms with E-state index in [1.54, 1.807) is 18.2 Å². The fraction of sp³-hybridized carbons (Fsp3) is 0.524. The third-order valence-corrected chi connectivity index (χ3v) is 4.36. The van der Waals surface area contributed by atoms with Crippen molar-refractivity contribution in [2.24, 2.45) is 0 Å². The maximum Gasteiger partial charge on any atom is 0.337 e. The largest absolute Gasteiger partial charge is 0.489 e. The molecule has 2 rings (SSSR count). The lowest BCUT2D eigenvalue weighted by molar-refractivity contribution is -0.119. The van der Waals surface area contributed by atoms with Crippen LogP contribution in [0.4, 0.5) is 5.69 Å². The molecule has 1 aromatic carbocycles. The number of carbonyl (C=O) groups excluding carboxylic acids is 2. The number of rotatable bonds is 9. The van der Waals surface area contributed by atoms with Gasteiger partial charge in [-0.2, -0.15) is 0 Å². The van der Waals surface area contributed by atoms with Crippen molar-refractivity contribution in [3.8, 4) is 5.75 Å². The van der Waals surface area contributed by atoms with E-state index < -0.39 is 5.97 Å². The number of nitrogens with one attached hydrogen (secondary N) is 2. The summed E-state index contributed by atoms with van der Waals surface area (Å²) in [5.41, 5.74) is 2.44. The van der Waals surface area contributed by atoms with E-state index in [4.69, 9.17) is 9.47 Å². The number of amides is 1. The highest BCUT2D eigenvalue weighted by molar-refractivity contribution is 5.91. The normalized spacial score (nSPS) is 13.7. The Morgan fingerprint density at radius 2 is 2.04 bits per heavy atom. The van der Waals surface area contributed by atoms with Gasteiger partial charge in [-0.25, -0.2) is 4.79 Å². The predicted octanol–water partition coefficient (Wildman–Crippen LogP) is 3.68. The van der Waals surface area contributed by atoms with Crippen LogP contribution in [0.2, 0.25) is 0 Å². The van der Waals surface area contributed by atoms with Crippen LogP contribution < -0.4 is 15.4 Å². The average molecular weight is 374 g/mol. The summed E-state index contributed by atoms with van der Waals surface area (Å²) >= 11 is 0. The van der Waals surface area contributed by atoms with E-state index in [-0.39, 0.29) is 18.6 Å². The van der Waals surface area contributed by atoms with Crippen molar-refractivity contribution in [3.63, 3.8) is 0 Å². The summed E-state index contributed by atoms with van der Waals surface area (Å²) in [6.45, 7) is 4.59. The van der Waals surface area contributed by atoms with E-state index in [1.165, 1.54) is 25.5 Å². The topological polar surface area (TPSA) is 76.7 Å². The van der Waals surface area contributed by atoms with Gasteiger partial charge < -0.3 is 20.1 Å². The molecular weight excluding hydrogens is 344 g/mol. The molecule has 27 heavy (non-hydrogen) atoms. The van der Waals surface area contributed by atoms with Gasteiger partial charge >= 0.3 is 5.97 Å². The van der Waals surface area contributed by atoms with Crippen molar-refractivity contribution < 1.29 is 19.1 Å². The van der Waals surface area contributed by atoms with Gasteiger partial charge in [0, 0.05) is 6.54 Å². The summed E-state index contributed by atoms with van der Waals surface area (Å²) in [5.74, 6) is 0.0718. The Morgan fingerprint density at radius 3 is 2.70 bits per heavy atom. The van der Waals surface area contributed by atoms with Crippen LogP contribution in [0, 0.1) is 0 Å². The van der Waals surface area contributed by atoms with Crippen molar-refractivity contribution in [2.45, 2.75) is 52.1 Å². The predicted molar refractivity (Wildman–Crippen MR) is 106 cm³/mol. The summed E-state index contributed by atoms with van der Waals surface area (Å²) in [4.78, 5) is 23.9. The van der Waals surface area contributed by atoms with Gasteiger partial charge in [0.2, 0.25) is 5.91 Å².